The molecule has 1 aromatic carbocycles. The molecule has 0 aliphatic rings. The Balaban J connectivity index is 3.11. The number of phenolic OH excluding ortho intramolecular Hbond substituents is 1. The largest absolute Gasteiger partial charge is 0.507 e. The quantitative estimate of drug-likeness (QED) is 0.477. The molecule has 5 nitrogen and oxygen atoms in total. The summed E-state index contributed by atoms with van der Waals surface area (Å²) in [4.78, 5) is 15.4. The molecule has 1 N–H and O–H groups in total. The van der Waals surface area contributed by atoms with Crippen molar-refractivity contribution in [1.29, 1.82) is 0 Å². The second-order valence-electron chi connectivity index (χ2n) is 2.69. The van der Waals surface area contributed by atoms with Crippen LogP contribution >= 0.6 is 0 Å². The summed E-state index contributed by atoms with van der Waals surface area (Å²) in [6.07, 6.45) is 0. The normalized spacial score (nSPS) is 11.0. The van der Waals surface area contributed by atoms with Crippen molar-refractivity contribution >= 4 is 11.7 Å². The molecule has 0 radical (unpaired) electrons. The Morgan fingerprint density at radius 2 is 2.19 bits per heavy atom. The van der Waals surface area contributed by atoms with Gasteiger partial charge in [-0.05, 0) is 12.1 Å². The van der Waals surface area contributed by atoms with Crippen LogP contribution in [0.3, 0.4) is 0 Å². The maximum Gasteiger partial charge on any atom is 0.360 e. The van der Waals surface area contributed by atoms with E-state index in [1.165, 1.54) is 12.1 Å². The minimum atomic E-state index is -1.17. The summed E-state index contributed by atoms with van der Waals surface area (Å²) < 4.78 is 16.2. The average Bonchev–Trinajstić information content (AvgIpc) is 2.31. The van der Waals surface area contributed by atoms with Crippen LogP contribution in [0.4, 0.5) is 4.39 Å². The number of hydrogen-bond acceptors (Lipinski definition) is 5. The SMILES string of the molecule is COC(=O)/C(=N/OCF)c1ccccc1O. The van der Waals surface area contributed by atoms with Gasteiger partial charge in [0.25, 0.3) is 6.86 Å². The smallest absolute Gasteiger partial charge is 0.360 e. The van der Waals surface area contributed by atoms with E-state index in [4.69, 9.17) is 0 Å². The molecule has 0 heterocycles. The van der Waals surface area contributed by atoms with Gasteiger partial charge in [0.05, 0.1) is 12.7 Å². The zero-order valence-electron chi connectivity index (χ0n) is 8.51. The molecule has 0 saturated heterocycles. The van der Waals surface area contributed by atoms with Gasteiger partial charge >= 0.3 is 5.97 Å². The number of carbonyl (C=O) groups excluding carboxylic acids is 1. The van der Waals surface area contributed by atoms with Gasteiger partial charge in [-0.25, -0.2) is 9.18 Å². The Kier molecular flexibility index (Phi) is 4.26. The highest BCUT2D eigenvalue weighted by Crippen LogP contribution is 2.17. The first kappa shape index (κ1) is 12.0. The van der Waals surface area contributed by atoms with Gasteiger partial charge < -0.3 is 14.7 Å². The van der Waals surface area contributed by atoms with Gasteiger partial charge in [0.15, 0.2) is 5.71 Å². The van der Waals surface area contributed by atoms with Gasteiger partial charge in [0.1, 0.15) is 5.75 Å². The van der Waals surface area contributed by atoms with E-state index in [1.807, 2.05) is 0 Å². The van der Waals surface area contributed by atoms with E-state index >= 15 is 0 Å². The fourth-order valence-corrected chi connectivity index (χ4v) is 1.06. The molecule has 0 atom stereocenters. The Labute approximate surface area is 91.1 Å². The Morgan fingerprint density at radius 3 is 2.75 bits per heavy atom. The minimum Gasteiger partial charge on any atom is -0.507 e. The third-order valence-electron chi connectivity index (χ3n) is 1.74. The predicted octanol–water partition coefficient (Wildman–Crippen LogP) is 1.21. The van der Waals surface area contributed by atoms with Crippen molar-refractivity contribution in [1.82, 2.24) is 0 Å². The molecule has 0 amide bonds. The third-order valence-corrected chi connectivity index (χ3v) is 1.74. The highest BCUT2D eigenvalue weighted by molar-refractivity contribution is 6.43. The zero-order chi connectivity index (χ0) is 12.0. The van der Waals surface area contributed by atoms with E-state index < -0.39 is 12.8 Å². The molecule has 0 unspecified atom stereocenters. The molecule has 0 saturated carbocycles. The Bertz CT molecular complexity index is 406. The Hall–Kier alpha value is -2.11. The van der Waals surface area contributed by atoms with Gasteiger partial charge in [-0.1, -0.05) is 17.3 Å². The lowest BCUT2D eigenvalue weighted by Gasteiger charge is -2.05. The number of nitrogens with zero attached hydrogens (tertiary/aromatic N) is 1. The molecule has 1 rings (SSSR count). The van der Waals surface area contributed by atoms with Crippen LogP contribution in [0.5, 0.6) is 5.75 Å². The van der Waals surface area contributed by atoms with Crippen LogP contribution in [0.2, 0.25) is 0 Å². The maximum absolute atomic E-state index is 11.8. The number of rotatable bonds is 4. The molecule has 0 aliphatic heterocycles. The van der Waals surface area contributed by atoms with Gasteiger partial charge in [-0.2, -0.15) is 0 Å². The second kappa shape index (κ2) is 5.69. The molecule has 6 heteroatoms. The van der Waals surface area contributed by atoms with Crippen LogP contribution in [-0.4, -0.2) is 30.8 Å². The number of halogens is 1. The molecule has 1 aromatic rings. The highest BCUT2D eigenvalue weighted by Gasteiger charge is 2.18. The average molecular weight is 227 g/mol. The number of carbonyl (C=O) groups is 1. The molecule has 0 aliphatic carbocycles. The van der Waals surface area contributed by atoms with Crippen molar-refractivity contribution in [2.45, 2.75) is 0 Å². The number of benzene rings is 1. The van der Waals surface area contributed by atoms with Crippen LogP contribution in [0.15, 0.2) is 29.4 Å². The van der Waals surface area contributed by atoms with Gasteiger partial charge in [-0.3, -0.25) is 0 Å². The number of phenols is 1. The first-order valence-electron chi connectivity index (χ1n) is 4.33. The van der Waals surface area contributed by atoms with Crippen LogP contribution in [0.1, 0.15) is 5.56 Å². The van der Waals surface area contributed by atoms with Crippen LogP contribution < -0.4 is 0 Å². The van der Waals surface area contributed by atoms with E-state index in [-0.39, 0.29) is 17.0 Å². The standard InChI is InChI=1S/C10H10FNO4/c1-15-10(14)9(12-16-6-11)7-4-2-3-5-8(7)13/h2-5,13H,6H2,1H3/b12-9+. The topological polar surface area (TPSA) is 68.1 Å². The monoisotopic (exact) mass is 227 g/mol. The summed E-state index contributed by atoms with van der Waals surface area (Å²) in [7, 11) is 1.15. The summed E-state index contributed by atoms with van der Waals surface area (Å²) in [6, 6.07) is 5.96. The molecule has 0 aromatic heterocycles. The summed E-state index contributed by atoms with van der Waals surface area (Å²) in [5.74, 6) is -0.996. The van der Waals surface area contributed by atoms with E-state index in [0.717, 1.165) is 7.11 Å². The lowest BCUT2D eigenvalue weighted by atomic mass is 10.1. The fourth-order valence-electron chi connectivity index (χ4n) is 1.06. The van der Waals surface area contributed by atoms with E-state index in [2.05, 4.69) is 14.7 Å². The zero-order valence-corrected chi connectivity index (χ0v) is 8.51. The highest BCUT2D eigenvalue weighted by atomic mass is 19.1. The summed E-state index contributed by atoms with van der Waals surface area (Å²) in [5.41, 5.74) is -0.180. The summed E-state index contributed by atoms with van der Waals surface area (Å²) >= 11 is 0. The van der Waals surface area contributed by atoms with Crippen LogP contribution in [-0.2, 0) is 14.4 Å². The lowest BCUT2D eigenvalue weighted by Crippen LogP contribution is -2.17. The van der Waals surface area contributed by atoms with Crippen LogP contribution in [0.25, 0.3) is 0 Å². The molecular weight excluding hydrogens is 217 g/mol. The van der Waals surface area contributed by atoms with Crippen molar-refractivity contribution in [2.24, 2.45) is 5.16 Å². The number of methoxy groups -OCH3 is 1. The minimum absolute atomic E-state index is 0.114. The molecular formula is C10H10FNO4. The molecule has 16 heavy (non-hydrogen) atoms. The van der Waals surface area contributed by atoms with Crippen molar-refractivity contribution < 1.29 is 23.9 Å². The molecule has 0 spiro atoms. The van der Waals surface area contributed by atoms with Crippen molar-refractivity contribution in [2.75, 3.05) is 14.0 Å². The van der Waals surface area contributed by atoms with Crippen LogP contribution in [0, 0.1) is 0 Å². The number of hydrogen-bond donors (Lipinski definition) is 1. The molecule has 0 bridgehead atoms. The Morgan fingerprint density at radius 1 is 1.50 bits per heavy atom. The lowest BCUT2D eigenvalue weighted by molar-refractivity contribution is -0.132. The van der Waals surface area contributed by atoms with Crippen molar-refractivity contribution in [3.63, 3.8) is 0 Å². The first-order valence-corrected chi connectivity index (χ1v) is 4.33. The first-order chi connectivity index (χ1) is 7.70. The number of para-hydroxylation sites is 1. The third kappa shape index (κ3) is 2.69. The number of esters is 1. The number of alkyl halides is 1. The van der Waals surface area contributed by atoms with E-state index in [0.29, 0.717) is 0 Å². The fraction of sp³-hybridized carbons (Fsp3) is 0.200. The molecule has 0 fully saturated rings. The number of aromatic hydroxyl groups is 1. The van der Waals surface area contributed by atoms with Gasteiger partial charge in [0, 0.05) is 0 Å². The maximum atomic E-state index is 11.8. The van der Waals surface area contributed by atoms with Gasteiger partial charge in [-0.15, -0.1) is 0 Å². The van der Waals surface area contributed by atoms with E-state index in [9.17, 15) is 14.3 Å². The summed E-state index contributed by atoms with van der Waals surface area (Å²) in [5, 5.41) is 12.7. The number of oxime groups is 1. The molecule has 86 valence electrons. The second-order valence-corrected chi connectivity index (χ2v) is 2.69. The van der Waals surface area contributed by atoms with Gasteiger partial charge in [0.2, 0.25) is 0 Å². The summed E-state index contributed by atoms with van der Waals surface area (Å²) in [6.45, 7) is -1.17. The van der Waals surface area contributed by atoms with Crippen molar-refractivity contribution in [3.8, 4) is 5.75 Å². The van der Waals surface area contributed by atoms with E-state index in [1.54, 1.807) is 12.1 Å². The predicted molar refractivity (Wildman–Crippen MR) is 53.7 cm³/mol. The van der Waals surface area contributed by atoms with Crippen molar-refractivity contribution in [3.05, 3.63) is 29.8 Å². The number of ether oxygens (including phenoxy) is 1.